The van der Waals surface area contributed by atoms with Gasteiger partial charge in [0.15, 0.2) is 0 Å². The summed E-state index contributed by atoms with van der Waals surface area (Å²) in [5.41, 5.74) is 4.13. The highest BCUT2D eigenvalue weighted by molar-refractivity contribution is 7.17. The maximum atomic E-state index is 13.8. The Kier molecular flexibility index (Phi) is 6.98. The lowest BCUT2D eigenvalue weighted by Crippen LogP contribution is -2.16. The van der Waals surface area contributed by atoms with Crippen LogP contribution in [-0.4, -0.2) is 30.1 Å². The van der Waals surface area contributed by atoms with E-state index in [-0.39, 0.29) is 12.0 Å². The Balaban J connectivity index is 1.59. The number of hydrogen-bond donors (Lipinski definition) is 1. The minimum atomic E-state index is -0.414. The van der Waals surface area contributed by atoms with Gasteiger partial charge in [0.05, 0.1) is 35.6 Å². The third-order valence-corrected chi connectivity index (χ3v) is 7.78. The van der Waals surface area contributed by atoms with Crippen LogP contribution in [-0.2, 0) is 17.6 Å². The number of carbonyl (C=O) groups excluding carboxylic acids is 2. The van der Waals surface area contributed by atoms with Crippen molar-refractivity contribution in [2.45, 2.75) is 46.1 Å². The Morgan fingerprint density at radius 1 is 1.11 bits per heavy atom. The molecule has 0 saturated heterocycles. The third kappa shape index (κ3) is 4.96. The minimum absolute atomic E-state index is 0.00584. The van der Waals surface area contributed by atoms with Crippen LogP contribution >= 0.6 is 11.3 Å². The van der Waals surface area contributed by atoms with Crippen molar-refractivity contribution in [1.82, 2.24) is 4.98 Å². The first kappa shape index (κ1) is 25.0. The Morgan fingerprint density at radius 2 is 1.86 bits per heavy atom. The van der Waals surface area contributed by atoms with E-state index in [1.54, 1.807) is 6.07 Å². The number of benzene rings is 2. The van der Waals surface area contributed by atoms with E-state index in [2.05, 4.69) is 12.2 Å². The fourth-order valence-corrected chi connectivity index (χ4v) is 6.26. The van der Waals surface area contributed by atoms with Gasteiger partial charge < -0.3 is 14.8 Å². The molecule has 0 fully saturated rings. The molecule has 1 aliphatic carbocycles. The highest BCUT2D eigenvalue weighted by Gasteiger charge is 2.29. The van der Waals surface area contributed by atoms with Gasteiger partial charge in [-0.05, 0) is 68.9 Å². The van der Waals surface area contributed by atoms with Crippen LogP contribution in [0.2, 0.25) is 0 Å². The molecule has 1 atom stereocenters. The van der Waals surface area contributed by atoms with Crippen LogP contribution < -0.4 is 10.1 Å². The number of para-hydroxylation sites is 2. The Labute approximate surface area is 220 Å². The smallest absolute Gasteiger partial charge is 0.341 e. The number of fused-ring (bicyclic) bond motifs is 2. The van der Waals surface area contributed by atoms with Crippen LogP contribution in [0.15, 0.2) is 54.6 Å². The van der Waals surface area contributed by atoms with Crippen molar-refractivity contribution < 1.29 is 19.1 Å². The van der Waals surface area contributed by atoms with Crippen molar-refractivity contribution >= 4 is 39.1 Å². The number of methoxy groups -OCH3 is 1. The molecule has 37 heavy (non-hydrogen) atoms. The maximum absolute atomic E-state index is 13.8. The molecule has 190 valence electrons. The second-order valence-corrected chi connectivity index (χ2v) is 10.8. The summed E-state index contributed by atoms with van der Waals surface area (Å²) in [4.78, 5) is 32.6. The molecule has 1 amide bonds. The zero-order chi connectivity index (χ0) is 26.1. The second-order valence-electron chi connectivity index (χ2n) is 9.74. The molecular weight excluding hydrogens is 484 g/mol. The number of esters is 1. The lowest BCUT2D eigenvalue weighted by Gasteiger charge is -2.18. The fourth-order valence-electron chi connectivity index (χ4n) is 4.86. The molecule has 1 N–H and O–H groups in total. The zero-order valence-corrected chi connectivity index (χ0v) is 22.3. The summed E-state index contributed by atoms with van der Waals surface area (Å²) in [5.74, 6) is 0.543. The quantitative estimate of drug-likeness (QED) is 0.283. The number of rotatable bonds is 6. The molecule has 4 aromatic rings. The van der Waals surface area contributed by atoms with Gasteiger partial charge in [-0.25, -0.2) is 9.78 Å². The number of aromatic nitrogens is 1. The van der Waals surface area contributed by atoms with E-state index in [0.29, 0.717) is 39.0 Å². The van der Waals surface area contributed by atoms with Gasteiger partial charge in [-0.3, -0.25) is 4.79 Å². The van der Waals surface area contributed by atoms with Crippen LogP contribution in [0.25, 0.3) is 22.2 Å². The van der Waals surface area contributed by atoms with Gasteiger partial charge in [0.1, 0.15) is 10.8 Å². The summed E-state index contributed by atoms with van der Waals surface area (Å²) in [5, 5.41) is 4.33. The zero-order valence-electron chi connectivity index (χ0n) is 21.5. The highest BCUT2D eigenvalue weighted by atomic mass is 32.1. The van der Waals surface area contributed by atoms with Crippen molar-refractivity contribution in [3.05, 3.63) is 76.2 Å². The van der Waals surface area contributed by atoms with Crippen molar-refractivity contribution in [3.63, 3.8) is 0 Å². The standard InChI is InChI=1S/C30H30N2O4S/c1-17(2)36-25-12-8-6-10-20(25)24-16-22(19-9-5-7-11-23(19)31-24)28(33)32-29-27(30(34)35-4)21-14-13-18(3)15-26(21)37-29/h5-12,16-18H,13-15H2,1-4H3,(H,32,33)/t18-/m1/s1. The number of amides is 1. The van der Waals surface area contributed by atoms with E-state index in [9.17, 15) is 9.59 Å². The van der Waals surface area contributed by atoms with Crippen LogP contribution in [0.4, 0.5) is 5.00 Å². The van der Waals surface area contributed by atoms with Crippen LogP contribution in [0.5, 0.6) is 5.75 Å². The van der Waals surface area contributed by atoms with Crippen molar-refractivity contribution in [2.24, 2.45) is 5.92 Å². The molecule has 0 unspecified atom stereocenters. The van der Waals surface area contributed by atoms with E-state index < -0.39 is 5.97 Å². The molecule has 6 nitrogen and oxygen atoms in total. The van der Waals surface area contributed by atoms with Gasteiger partial charge in [-0.15, -0.1) is 11.3 Å². The lowest BCUT2D eigenvalue weighted by atomic mass is 9.88. The summed E-state index contributed by atoms with van der Waals surface area (Å²) in [7, 11) is 1.38. The number of anilines is 1. The Hall–Kier alpha value is -3.71. The molecule has 0 bridgehead atoms. The summed E-state index contributed by atoms with van der Waals surface area (Å²) >= 11 is 1.48. The molecule has 2 heterocycles. The van der Waals surface area contributed by atoms with E-state index >= 15 is 0 Å². The molecular formula is C30H30N2O4S. The molecule has 2 aromatic carbocycles. The van der Waals surface area contributed by atoms with Crippen molar-refractivity contribution in [1.29, 1.82) is 0 Å². The van der Waals surface area contributed by atoms with Gasteiger partial charge in [-0.1, -0.05) is 37.3 Å². The first-order valence-corrected chi connectivity index (χ1v) is 13.4. The molecule has 0 radical (unpaired) electrons. The van der Waals surface area contributed by atoms with E-state index in [0.717, 1.165) is 40.7 Å². The summed E-state index contributed by atoms with van der Waals surface area (Å²) in [6, 6.07) is 17.1. The van der Waals surface area contributed by atoms with E-state index in [4.69, 9.17) is 14.5 Å². The lowest BCUT2D eigenvalue weighted by molar-refractivity contribution is 0.0601. The number of hydrogen-bond acceptors (Lipinski definition) is 6. The van der Waals surface area contributed by atoms with E-state index in [1.165, 1.54) is 18.4 Å². The average molecular weight is 515 g/mol. The minimum Gasteiger partial charge on any atom is -0.490 e. The molecule has 2 aromatic heterocycles. The van der Waals surface area contributed by atoms with Crippen molar-refractivity contribution in [2.75, 3.05) is 12.4 Å². The molecule has 1 aliphatic rings. The highest BCUT2D eigenvalue weighted by Crippen LogP contribution is 2.40. The number of ether oxygens (including phenoxy) is 2. The predicted octanol–water partition coefficient (Wildman–Crippen LogP) is 6.91. The molecule has 0 spiro atoms. The Morgan fingerprint density at radius 3 is 2.65 bits per heavy atom. The summed E-state index contributed by atoms with van der Waals surface area (Å²) in [6.07, 6.45) is 2.71. The van der Waals surface area contributed by atoms with Crippen LogP contribution in [0.1, 0.15) is 58.3 Å². The number of carbonyl (C=O) groups is 2. The average Bonchev–Trinajstić information content (AvgIpc) is 3.24. The third-order valence-electron chi connectivity index (χ3n) is 6.61. The van der Waals surface area contributed by atoms with E-state index in [1.807, 2.05) is 62.4 Å². The number of pyridine rings is 1. The summed E-state index contributed by atoms with van der Waals surface area (Å²) in [6.45, 7) is 6.16. The topological polar surface area (TPSA) is 77.5 Å². The number of thiophene rings is 1. The Bertz CT molecular complexity index is 1490. The number of nitrogens with zero attached hydrogens (tertiary/aromatic N) is 1. The monoisotopic (exact) mass is 514 g/mol. The maximum Gasteiger partial charge on any atom is 0.341 e. The van der Waals surface area contributed by atoms with Gasteiger partial charge >= 0.3 is 5.97 Å². The summed E-state index contributed by atoms with van der Waals surface area (Å²) < 4.78 is 11.1. The van der Waals surface area contributed by atoms with Crippen molar-refractivity contribution in [3.8, 4) is 17.0 Å². The first-order valence-electron chi connectivity index (χ1n) is 12.6. The first-order chi connectivity index (χ1) is 17.9. The van der Waals surface area contributed by atoms with Crippen LogP contribution in [0, 0.1) is 5.92 Å². The van der Waals surface area contributed by atoms with Gasteiger partial charge in [0, 0.05) is 15.8 Å². The van der Waals surface area contributed by atoms with Gasteiger partial charge in [0.2, 0.25) is 0 Å². The fraction of sp³-hybridized carbons (Fsp3) is 0.300. The second kappa shape index (κ2) is 10.3. The van der Waals surface area contributed by atoms with Crippen LogP contribution in [0.3, 0.4) is 0 Å². The number of nitrogens with one attached hydrogen (secondary N) is 1. The SMILES string of the molecule is COC(=O)c1c(NC(=O)c2cc(-c3ccccc3OC(C)C)nc3ccccc23)sc2c1CC[C@@H](C)C2. The molecule has 0 aliphatic heterocycles. The normalized spacial score (nSPS) is 14.9. The predicted molar refractivity (Wildman–Crippen MR) is 148 cm³/mol. The molecule has 0 saturated carbocycles. The largest absolute Gasteiger partial charge is 0.490 e. The van der Waals surface area contributed by atoms with Gasteiger partial charge in [0.25, 0.3) is 5.91 Å². The molecule has 7 heteroatoms. The molecule has 5 rings (SSSR count). The van der Waals surface area contributed by atoms with Gasteiger partial charge in [-0.2, -0.15) is 0 Å².